The van der Waals surface area contributed by atoms with Gasteiger partial charge in [-0.05, 0) is 42.8 Å². The standard InChI is InChI=1S/C14H16N4O2S/c1-19-11-5-2-4-10(8-11)9-15-18-13(16-17-14(18)21)12-6-3-7-20-12/h2,4-5,8-9,12H,3,6-7H2,1H3,(H,17,21)/b15-9-/t12-/m1/s1. The molecule has 1 aliphatic rings. The smallest absolute Gasteiger partial charge is 0.216 e. The highest BCUT2D eigenvalue weighted by Crippen LogP contribution is 2.26. The Labute approximate surface area is 127 Å². The van der Waals surface area contributed by atoms with Crippen LogP contribution in [0.3, 0.4) is 0 Å². The molecule has 21 heavy (non-hydrogen) atoms. The first-order valence-electron chi connectivity index (χ1n) is 6.75. The molecule has 0 spiro atoms. The Hall–Kier alpha value is -1.99. The Morgan fingerprint density at radius 1 is 1.57 bits per heavy atom. The van der Waals surface area contributed by atoms with Gasteiger partial charge in [-0.1, -0.05) is 12.1 Å². The van der Waals surface area contributed by atoms with E-state index >= 15 is 0 Å². The van der Waals surface area contributed by atoms with Gasteiger partial charge in [-0.3, -0.25) is 5.10 Å². The van der Waals surface area contributed by atoms with Gasteiger partial charge in [0.1, 0.15) is 11.9 Å². The summed E-state index contributed by atoms with van der Waals surface area (Å²) in [5.41, 5.74) is 0.927. The van der Waals surface area contributed by atoms with Crippen molar-refractivity contribution in [1.29, 1.82) is 0 Å². The molecular weight excluding hydrogens is 288 g/mol. The molecule has 1 aromatic carbocycles. The Bertz CT molecular complexity index is 701. The highest BCUT2D eigenvalue weighted by Gasteiger charge is 2.23. The molecule has 0 saturated carbocycles. The number of ether oxygens (including phenoxy) is 2. The number of nitrogens with zero attached hydrogens (tertiary/aromatic N) is 3. The van der Waals surface area contributed by atoms with Gasteiger partial charge in [-0.2, -0.15) is 14.9 Å². The van der Waals surface area contributed by atoms with Crippen LogP contribution >= 0.6 is 12.2 Å². The molecule has 1 fully saturated rings. The zero-order valence-corrected chi connectivity index (χ0v) is 12.5. The molecule has 1 aromatic heterocycles. The molecule has 0 aliphatic carbocycles. The Balaban J connectivity index is 1.88. The van der Waals surface area contributed by atoms with E-state index in [-0.39, 0.29) is 6.10 Å². The Morgan fingerprint density at radius 3 is 3.24 bits per heavy atom. The van der Waals surface area contributed by atoms with Crippen LogP contribution in [0, 0.1) is 4.77 Å². The maximum atomic E-state index is 5.64. The van der Waals surface area contributed by atoms with Gasteiger partial charge < -0.3 is 9.47 Å². The van der Waals surface area contributed by atoms with Crippen LogP contribution in [-0.4, -0.2) is 34.8 Å². The number of nitrogens with one attached hydrogen (secondary N) is 1. The van der Waals surface area contributed by atoms with E-state index in [1.807, 2.05) is 24.3 Å². The van der Waals surface area contributed by atoms with Crippen molar-refractivity contribution in [2.45, 2.75) is 18.9 Å². The van der Waals surface area contributed by atoms with Crippen molar-refractivity contribution in [3.63, 3.8) is 0 Å². The Kier molecular flexibility index (Phi) is 4.12. The average molecular weight is 304 g/mol. The first kappa shape index (κ1) is 14.0. The van der Waals surface area contributed by atoms with Crippen molar-refractivity contribution in [1.82, 2.24) is 14.9 Å². The van der Waals surface area contributed by atoms with E-state index in [2.05, 4.69) is 15.3 Å². The summed E-state index contributed by atoms with van der Waals surface area (Å²) in [6, 6.07) is 7.65. The van der Waals surface area contributed by atoms with Crippen molar-refractivity contribution in [2.24, 2.45) is 5.10 Å². The number of aromatic amines is 1. The number of H-pyrrole nitrogens is 1. The summed E-state index contributed by atoms with van der Waals surface area (Å²) >= 11 is 5.22. The van der Waals surface area contributed by atoms with E-state index in [4.69, 9.17) is 21.7 Å². The average Bonchev–Trinajstić information content (AvgIpc) is 3.15. The number of rotatable bonds is 4. The Morgan fingerprint density at radius 2 is 2.48 bits per heavy atom. The van der Waals surface area contributed by atoms with Crippen molar-refractivity contribution >= 4 is 18.4 Å². The van der Waals surface area contributed by atoms with Crippen LogP contribution in [0.15, 0.2) is 29.4 Å². The normalized spacial score (nSPS) is 18.4. The SMILES string of the molecule is COc1cccc(/C=N\n2c([C@H]3CCCO3)n[nH]c2=S)c1. The van der Waals surface area contributed by atoms with Crippen molar-refractivity contribution in [3.8, 4) is 5.75 Å². The zero-order chi connectivity index (χ0) is 14.7. The molecule has 110 valence electrons. The molecule has 0 bridgehead atoms. The van der Waals surface area contributed by atoms with Crippen molar-refractivity contribution in [3.05, 3.63) is 40.4 Å². The van der Waals surface area contributed by atoms with E-state index < -0.39 is 0 Å². The lowest BCUT2D eigenvalue weighted by molar-refractivity contribution is 0.102. The van der Waals surface area contributed by atoms with Gasteiger partial charge in [-0.15, -0.1) is 0 Å². The first-order chi connectivity index (χ1) is 10.3. The summed E-state index contributed by atoms with van der Waals surface area (Å²) in [5.74, 6) is 1.51. The fourth-order valence-corrected chi connectivity index (χ4v) is 2.44. The predicted molar refractivity (Wildman–Crippen MR) is 81.3 cm³/mol. The molecular formula is C14H16N4O2S. The van der Waals surface area contributed by atoms with E-state index in [0.29, 0.717) is 4.77 Å². The molecule has 1 aliphatic heterocycles. The lowest BCUT2D eigenvalue weighted by Crippen LogP contribution is -2.05. The largest absolute Gasteiger partial charge is 0.497 e. The molecule has 7 heteroatoms. The number of benzene rings is 1. The summed E-state index contributed by atoms with van der Waals surface area (Å²) in [6.45, 7) is 0.754. The molecule has 6 nitrogen and oxygen atoms in total. The third kappa shape index (κ3) is 3.03. The predicted octanol–water partition coefficient (Wildman–Crippen LogP) is 2.68. The van der Waals surface area contributed by atoms with Crippen LogP contribution in [0.25, 0.3) is 0 Å². The zero-order valence-electron chi connectivity index (χ0n) is 11.7. The lowest BCUT2D eigenvalue weighted by atomic mass is 10.2. The third-order valence-electron chi connectivity index (χ3n) is 3.31. The molecule has 0 amide bonds. The lowest BCUT2D eigenvalue weighted by Gasteiger charge is -2.07. The van der Waals surface area contributed by atoms with Gasteiger partial charge >= 0.3 is 0 Å². The van der Waals surface area contributed by atoms with Crippen LogP contribution < -0.4 is 4.74 Å². The first-order valence-corrected chi connectivity index (χ1v) is 7.16. The highest BCUT2D eigenvalue weighted by atomic mass is 32.1. The minimum absolute atomic E-state index is 0.0413. The van der Waals surface area contributed by atoms with Gasteiger partial charge in [0, 0.05) is 6.61 Å². The molecule has 3 rings (SSSR count). The van der Waals surface area contributed by atoms with Gasteiger partial charge in [0.25, 0.3) is 0 Å². The molecule has 0 unspecified atom stereocenters. The van der Waals surface area contributed by atoms with Crippen molar-refractivity contribution < 1.29 is 9.47 Å². The maximum Gasteiger partial charge on any atom is 0.216 e. The van der Waals surface area contributed by atoms with Crippen LogP contribution in [0.2, 0.25) is 0 Å². The summed E-state index contributed by atoms with van der Waals surface area (Å²) < 4.78 is 12.9. The quantitative estimate of drug-likeness (QED) is 0.697. The molecule has 1 saturated heterocycles. The van der Waals surface area contributed by atoms with E-state index in [1.54, 1.807) is 18.0 Å². The maximum absolute atomic E-state index is 5.64. The second kappa shape index (κ2) is 6.19. The van der Waals surface area contributed by atoms with Crippen LogP contribution in [-0.2, 0) is 4.74 Å². The summed E-state index contributed by atoms with van der Waals surface area (Å²) in [4.78, 5) is 0. The van der Waals surface area contributed by atoms with Crippen molar-refractivity contribution in [2.75, 3.05) is 13.7 Å². The van der Waals surface area contributed by atoms with Gasteiger partial charge in [0.15, 0.2) is 5.82 Å². The van der Waals surface area contributed by atoms with Crippen LogP contribution in [0.1, 0.15) is 30.3 Å². The number of hydrogen-bond acceptors (Lipinski definition) is 5. The highest BCUT2D eigenvalue weighted by molar-refractivity contribution is 7.71. The van der Waals surface area contributed by atoms with Crippen LogP contribution in [0.5, 0.6) is 5.75 Å². The minimum Gasteiger partial charge on any atom is -0.497 e. The molecule has 1 atom stereocenters. The molecule has 0 radical (unpaired) electrons. The fraction of sp³-hybridized carbons (Fsp3) is 0.357. The number of methoxy groups -OCH3 is 1. The second-order valence-corrected chi connectivity index (χ2v) is 5.11. The second-order valence-electron chi connectivity index (χ2n) is 4.72. The molecule has 2 aromatic rings. The fourth-order valence-electron chi connectivity index (χ4n) is 2.25. The summed E-state index contributed by atoms with van der Waals surface area (Å²) in [6.07, 6.45) is 3.66. The summed E-state index contributed by atoms with van der Waals surface area (Å²) in [7, 11) is 1.64. The monoisotopic (exact) mass is 304 g/mol. The topological polar surface area (TPSA) is 64.4 Å². The van der Waals surface area contributed by atoms with Gasteiger partial charge in [-0.25, -0.2) is 0 Å². The number of aromatic nitrogens is 3. The minimum atomic E-state index is -0.0413. The van der Waals surface area contributed by atoms with Gasteiger partial charge in [0.05, 0.1) is 13.3 Å². The third-order valence-corrected chi connectivity index (χ3v) is 3.57. The number of hydrogen-bond donors (Lipinski definition) is 1. The van der Waals surface area contributed by atoms with Gasteiger partial charge in [0.2, 0.25) is 4.77 Å². The molecule has 2 heterocycles. The van der Waals surface area contributed by atoms with E-state index in [0.717, 1.165) is 36.6 Å². The summed E-state index contributed by atoms with van der Waals surface area (Å²) in [5, 5.41) is 11.4. The van der Waals surface area contributed by atoms with E-state index in [1.165, 1.54) is 0 Å². The van der Waals surface area contributed by atoms with Crippen LogP contribution in [0.4, 0.5) is 0 Å². The molecule has 1 N–H and O–H groups in total. The van der Waals surface area contributed by atoms with E-state index in [9.17, 15) is 0 Å².